The minimum atomic E-state index is -1.61. The molecule has 3 heteroatoms. The van der Waals surface area contributed by atoms with E-state index in [-0.39, 0.29) is 0 Å². The first-order valence-electron chi connectivity index (χ1n) is 7.05. The van der Waals surface area contributed by atoms with E-state index in [1.807, 2.05) is 0 Å². The molecule has 2 nitrogen and oxygen atoms in total. The van der Waals surface area contributed by atoms with Crippen LogP contribution in [0.3, 0.4) is 0 Å². The average molecular weight is 258 g/mol. The molecule has 0 aromatic rings. The second-order valence-corrected chi connectivity index (χ2v) is 11.8. The van der Waals surface area contributed by atoms with Crippen LogP contribution in [0.4, 0.5) is 0 Å². The van der Waals surface area contributed by atoms with Crippen LogP contribution in [-0.2, 0) is 4.43 Å². The Kier molecular flexibility index (Phi) is 5.23. The fourth-order valence-electron chi connectivity index (χ4n) is 2.39. The van der Waals surface area contributed by atoms with Gasteiger partial charge < -0.3 is 9.53 Å². The van der Waals surface area contributed by atoms with Gasteiger partial charge >= 0.3 is 0 Å². The zero-order chi connectivity index (χ0) is 13.1. The third-order valence-electron chi connectivity index (χ3n) is 4.54. The van der Waals surface area contributed by atoms with E-state index in [1.54, 1.807) is 0 Å². The van der Waals surface area contributed by atoms with Crippen LogP contribution in [0.25, 0.3) is 0 Å². The van der Waals surface area contributed by atoms with Crippen molar-refractivity contribution in [1.82, 2.24) is 0 Å². The smallest absolute Gasteiger partial charge is 0.192 e. The average Bonchev–Trinajstić information content (AvgIpc) is 2.16. The lowest BCUT2D eigenvalue weighted by atomic mass is 9.85. The first-order valence-corrected chi connectivity index (χ1v) is 9.96. The van der Waals surface area contributed by atoms with Gasteiger partial charge in [-0.25, -0.2) is 0 Å². The zero-order valence-electron chi connectivity index (χ0n) is 12.3. The summed E-state index contributed by atoms with van der Waals surface area (Å²) in [7, 11) is -1.61. The van der Waals surface area contributed by atoms with Crippen LogP contribution >= 0.6 is 0 Å². The van der Waals surface area contributed by atoms with Crippen LogP contribution < -0.4 is 0 Å². The highest BCUT2D eigenvalue weighted by Gasteiger charge is 2.39. The van der Waals surface area contributed by atoms with Crippen LogP contribution in [0.15, 0.2) is 0 Å². The fraction of sp³-hybridized carbons (Fsp3) is 1.00. The lowest BCUT2D eigenvalue weighted by Gasteiger charge is -2.41. The molecule has 0 aromatic heterocycles. The van der Waals surface area contributed by atoms with E-state index in [9.17, 15) is 0 Å². The quantitative estimate of drug-likeness (QED) is 0.774. The SMILES string of the molecule is CC(C)(C)[Si](C)(C)OC1CCCC(CCO)C1. The number of rotatable bonds is 4. The lowest BCUT2D eigenvalue weighted by molar-refractivity contribution is 0.0983. The Labute approximate surface area is 108 Å². The van der Waals surface area contributed by atoms with Crippen LogP contribution in [-0.4, -0.2) is 26.1 Å². The Morgan fingerprint density at radius 3 is 2.41 bits per heavy atom. The molecular formula is C14H30O2Si. The van der Waals surface area contributed by atoms with E-state index in [4.69, 9.17) is 9.53 Å². The van der Waals surface area contributed by atoms with Crippen LogP contribution in [0.5, 0.6) is 0 Å². The molecule has 1 saturated carbocycles. The Bertz CT molecular complexity index is 231. The molecule has 0 radical (unpaired) electrons. The predicted octanol–water partition coefficient (Wildman–Crippen LogP) is 3.95. The predicted molar refractivity (Wildman–Crippen MR) is 75.7 cm³/mol. The molecule has 0 spiro atoms. The minimum absolute atomic E-state index is 0.303. The van der Waals surface area contributed by atoms with Gasteiger partial charge in [-0.15, -0.1) is 0 Å². The maximum Gasteiger partial charge on any atom is 0.192 e. The Hall–Kier alpha value is 0.137. The summed E-state index contributed by atoms with van der Waals surface area (Å²) >= 11 is 0. The van der Waals surface area contributed by atoms with Crippen molar-refractivity contribution in [2.24, 2.45) is 5.92 Å². The van der Waals surface area contributed by atoms with Gasteiger partial charge in [0.1, 0.15) is 0 Å². The molecular weight excluding hydrogens is 228 g/mol. The molecule has 0 aliphatic heterocycles. The van der Waals surface area contributed by atoms with E-state index in [0.717, 1.165) is 12.8 Å². The second-order valence-electron chi connectivity index (χ2n) is 7.05. The number of aliphatic hydroxyl groups is 1. The highest BCUT2D eigenvalue weighted by atomic mass is 28.4. The highest BCUT2D eigenvalue weighted by Crippen LogP contribution is 2.40. The molecule has 0 amide bonds. The molecule has 0 bridgehead atoms. The largest absolute Gasteiger partial charge is 0.414 e. The second kappa shape index (κ2) is 5.85. The summed E-state index contributed by atoms with van der Waals surface area (Å²) in [4.78, 5) is 0. The van der Waals surface area contributed by atoms with Crippen molar-refractivity contribution < 1.29 is 9.53 Å². The summed E-state index contributed by atoms with van der Waals surface area (Å²) in [6, 6.07) is 0. The van der Waals surface area contributed by atoms with Crippen molar-refractivity contribution in [1.29, 1.82) is 0 Å². The van der Waals surface area contributed by atoms with Gasteiger partial charge in [0.25, 0.3) is 0 Å². The molecule has 0 heterocycles. The van der Waals surface area contributed by atoms with Gasteiger partial charge in [0.2, 0.25) is 0 Å². The molecule has 0 saturated heterocycles. The Morgan fingerprint density at radius 1 is 1.24 bits per heavy atom. The normalized spacial score (nSPS) is 27.2. The van der Waals surface area contributed by atoms with Crippen molar-refractivity contribution in [2.75, 3.05) is 6.61 Å². The van der Waals surface area contributed by atoms with Gasteiger partial charge in [-0.2, -0.15) is 0 Å². The molecule has 1 N–H and O–H groups in total. The zero-order valence-corrected chi connectivity index (χ0v) is 13.3. The first kappa shape index (κ1) is 15.2. The van der Waals surface area contributed by atoms with Crippen LogP contribution in [0.1, 0.15) is 52.9 Å². The van der Waals surface area contributed by atoms with E-state index < -0.39 is 8.32 Å². The third kappa shape index (κ3) is 4.38. The first-order chi connectivity index (χ1) is 7.76. The van der Waals surface area contributed by atoms with Gasteiger partial charge in [0.05, 0.1) is 0 Å². The number of aliphatic hydroxyl groups excluding tert-OH is 1. The van der Waals surface area contributed by atoms with E-state index in [0.29, 0.717) is 23.7 Å². The summed E-state index contributed by atoms with van der Waals surface area (Å²) in [5, 5.41) is 9.34. The van der Waals surface area contributed by atoms with Crippen molar-refractivity contribution in [3.05, 3.63) is 0 Å². The molecule has 1 aliphatic carbocycles. The van der Waals surface area contributed by atoms with Gasteiger partial charge in [-0.05, 0) is 43.3 Å². The van der Waals surface area contributed by atoms with Crippen molar-refractivity contribution in [3.8, 4) is 0 Å². The maximum atomic E-state index is 9.03. The summed E-state index contributed by atoms with van der Waals surface area (Å²) in [6.45, 7) is 11.9. The topological polar surface area (TPSA) is 29.5 Å². The summed E-state index contributed by atoms with van der Waals surface area (Å²) < 4.78 is 6.48. The molecule has 0 aromatic carbocycles. The Morgan fingerprint density at radius 2 is 1.88 bits per heavy atom. The molecule has 102 valence electrons. The van der Waals surface area contributed by atoms with E-state index in [1.165, 1.54) is 19.3 Å². The van der Waals surface area contributed by atoms with Gasteiger partial charge in [0.15, 0.2) is 8.32 Å². The van der Waals surface area contributed by atoms with Crippen LogP contribution in [0, 0.1) is 5.92 Å². The summed E-state index contributed by atoms with van der Waals surface area (Å²) in [6.07, 6.45) is 6.32. The highest BCUT2D eigenvalue weighted by molar-refractivity contribution is 6.74. The molecule has 17 heavy (non-hydrogen) atoms. The fourth-order valence-corrected chi connectivity index (χ4v) is 3.79. The van der Waals surface area contributed by atoms with Gasteiger partial charge in [-0.3, -0.25) is 0 Å². The van der Waals surface area contributed by atoms with Crippen molar-refractivity contribution >= 4 is 8.32 Å². The summed E-state index contributed by atoms with van der Waals surface area (Å²) in [5.74, 6) is 0.684. The molecule has 1 aliphatic rings. The maximum absolute atomic E-state index is 9.03. The van der Waals surface area contributed by atoms with Gasteiger partial charge in [0, 0.05) is 12.7 Å². The molecule has 1 fully saturated rings. The van der Waals surface area contributed by atoms with Crippen LogP contribution in [0.2, 0.25) is 18.1 Å². The third-order valence-corrected chi connectivity index (χ3v) is 9.07. The monoisotopic (exact) mass is 258 g/mol. The minimum Gasteiger partial charge on any atom is -0.414 e. The number of hydrogen-bond acceptors (Lipinski definition) is 2. The molecule has 1 rings (SSSR count). The van der Waals surface area contributed by atoms with Crippen molar-refractivity contribution in [2.45, 2.75) is 77.1 Å². The summed E-state index contributed by atoms with van der Waals surface area (Å²) in [5.41, 5.74) is 0. The standard InChI is InChI=1S/C14H30O2Si/c1-14(2,3)17(4,5)16-13-8-6-7-12(11-13)9-10-15/h12-13,15H,6-11H2,1-5H3. The number of hydrogen-bond donors (Lipinski definition) is 1. The van der Waals surface area contributed by atoms with E-state index in [2.05, 4.69) is 33.9 Å². The molecule has 2 atom stereocenters. The van der Waals surface area contributed by atoms with Crippen molar-refractivity contribution in [3.63, 3.8) is 0 Å². The Balaban J connectivity index is 2.51. The van der Waals surface area contributed by atoms with Gasteiger partial charge in [-0.1, -0.05) is 33.6 Å². The lowest BCUT2D eigenvalue weighted by Crippen LogP contribution is -2.45. The van der Waals surface area contributed by atoms with E-state index >= 15 is 0 Å². The molecule has 2 unspecified atom stereocenters.